The molecule has 3 atom stereocenters. The number of nitrogens with zero attached hydrogens (tertiary/aromatic N) is 2. The van der Waals surface area contributed by atoms with Crippen LogP contribution in [0.3, 0.4) is 0 Å². The molecule has 1 aliphatic rings. The fraction of sp³-hybridized carbons (Fsp3) is 0.800. The Balaban J connectivity index is 2.14. The molecule has 1 aromatic rings. The van der Waals surface area contributed by atoms with Crippen LogP contribution in [0.5, 0.6) is 0 Å². The molecule has 1 fully saturated rings. The number of rotatable bonds is 4. The molecule has 2 heterocycles. The van der Waals surface area contributed by atoms with Crippen LogP contribution >= 0.6 is 11.3 Å². The summed E-state index contributed by atoms with van der Waals surface area (Å²) in [6, 6.07) is 0.994. The van der Waals surface area contributed by atoms with E-state index in [2.05, 4.69) is 37.6 Å². The van der Waals surface area contributed by atoms with E-state index in [4.69, 9.17) is 5.73 Å². The van der Waals surface area contributed by atoms with Gasteiger partial charge in [-0.2, -0.15) is 0 Å². The van der Waals surface area contributed by atoms with Crippen LogP contribution in [0, 0.1) is 19.8 Å². The molecule has 0 amide bonds. The van der Waals surface area contributed by atoms with Crippen molar-refractivity contribution in [2.45, 2.75) is 59.0 Å². The summed E-state index contributed by atoms with van der Waals surface area (Å²) in [6.07, 6.45) is 3.86. The summed E-state index contributed by atoms with van der Waals surface area (Å²) in [7, 11) is 0. The minimum Gasteiger partial charge on any atom is -0.329 e. The summed E-state index contributed by atoms with van der Waals surface area (Å²) in [6.45, 7) is 10.8. The lowest BCUT2D eigenvalue weighted by Crippen LogP contribution is -2.47. The lowest BCUT2D eigenvalue weighted by atomic mass is 9.88. The standard InChI is InChI=1S/C15H27N3S/c1-5-13-6-7-18(14(8-13)9-16)11(3)15-10(2)17-12(4)19-15/h11,13-14H,5-9,16H2,1-4H3. The number of nitrogens with two attached hydrogens (primary N) is 1. The predicted molar refractivity (Wildman–Crippen MR) is 82.6 cm³/mol. The van der Waals surface area contributed by atoms with Crippen LogP contribution in [0.15, 0.2) is 0 Å². The van der Waals surface area contributed by atoms with E-state index in [1.807, 2.05) is 11.3 Å². The molecule has 0 aliphatic carbocycles. The third-order valence-corrected chi connectivity index (χ3v) is 5.78. The molecule has 0 aromatic carbocycles. The molecule has 3 unspecified atom stereocenters. The molecule has 2 N–H and O–H groups in total. The second kappa shape index (κ2) is 6.33. The van der Waals surface area contributed by atoms with Crippen molar-refractivity contribution in [1.82, 2.24) is 9.88 Å². The normalized spacial score (nSPS) is 26.6. The molecule has 2 rings (SSSR count). The first-order chi connectivity index (χ1) is 9.06. The zero-order valence-corrected chi connectivity index (χ0v) is 13.5. The lowest BCUT2D eigenvalue weighted by molar-refractivity contribution is 0.0783. The zero-order chi connectivity index (χ0) is 14.0. The predicted octanol–water partition coefficient (Wildman–Crippen LogP) is 3.27. The molecule has 0 bridgehead atoms. The molecule has 0 saturated carbocycles. The summed E-state index contributed by atoms with van der Waals surface area (Å²) < 4.78 is 0. The number of aryl methyl sites for hydroxylation is 2. The molecule has 0 radical (unpaired) electrons. The van der Waals surface area contributed by atoms with Crippen molar-refractivity contribution < 1.29 is 0 Å². The second-order valence-corrected chi connectivity index (χ2v) is 7.02. The fourth-order valence-electron chi connectivity index (χ4n) is 3.35. The smallest absolute Gasteiger partial charge is 0.0900 e. The Morgan fingerprint density at radius 3 is 2.74 bits per heavy atom. The van der Waals surface area contributed by atoms with Crippen molar-refractivity contribution >= 4 is 11.3 Å². The first-order valence-corrected chi connectivity index (χ1v) is 8.28. The van der Waals surface area contributed by atoms with Crippen molar-refractivity contribution in [1.29, 1.82) is 0 Å². The minimum absolute atomic E-state index is 0.456. The van der Waals surface area contributed by atoms with Crippen LogP contribution in [0.4, 0.5) is 0 Å². The first kappa shape index (κ1) is 14.9. The summed E-state index contributed by atoms with van der Waals surface area (Å²) in [4.78, 5) is 8.59. The monoisotopic (exact) mass is 281 g/mol. The number of aromatic nitrogens is 1. The van der Waals surface area contributed by atoms with E-state index in [9.17, 15) is 0 Å². The van der Waals surface area contributed by atoms with E-state index in [0.717, 1.165) is 12.5 Å². The first-order valence-electron chi connectivity index (χ1n) is 7.46. The average molecular weight is 281 g/mol. The molecular formula is C15H27N3S. The third-order valence-electron chi connectivity index (χ3n) is 4.54. The van der Waals surface area contributed by atoms with E-state index in [0.29, 0.717) is 12.1 Å². The van der Waals surface area contributed by atoms with Crippen LogP contribution in [-0.4, -0.2) is 29.0 Å². The Kier molecular flexibility index (Phi) is 4.98. The van der Waals surface area contributed by atoms with E-state index < -0.39 is 0 Å². The van der Waals surface area contributed by atoms with Crippen molar-refractivity contribution in [2.24, 2.45) is 11.7 Å². The quantitative estimate of drug-likeness (QED) is 0.921. The highest BCUT2D eigenvalue weighted by atomic mass is 32.1. The maximum atomic E-state index is 6.02. The van der Waals surface area contributed by atoms with Gasteiger partial charge in [0.2, 0.25) is 0 Å². The Hall–Kier alpha value is -0.450. The van der Waals surface area contributed by atoms with Gasteiger partial charge >= 0.3 is 0 Å². The maximum absolute atomic E-state index is 6.02. The van der Waals surface area contributed by atoms with Gasteiger partial charge in [0, 0.05) is 23.5 Å². The minimum atomic E-state index is 0.456. The average Bonchev–Trinajstić information content (AvgIpc) is 2.76. The SMILES string of the molecule is CCC1CCN(C(C)c2sc(C)nc2C)C(CN)C1. The Morgan fingerprint density at radius 1 is 1.47 bits per heavy atom. The van der Waals surface area contributed by atoms with Crippen LogP contribution in [0.2, 0.25) is 0 Å². The molecule has 1 aliphatic heterocycles. The number of piperidine rings is 1. The van der Waals surface area contributed by atoms with Gasteiger partial charge in [-0.3, -0.25) is 4.90 Å². The third kappa shape index (κ3) is 3.18. The van der Waals surface area contributed by atoms with E-state index >= 15 is 0 Å². The van der Waals surface area contributed by atoms with Gasteiger partial charge in [0.1, 0.15) is 0 Å². The Morgan fingerprint density at radius 2 is 2.21 bits per heavy atom. The van der Waals surface area contributed by atoms with Crippen LogP contribution in [-0.2, 0) is 0 Å². The topological polar surface area (TPSA) is 42.2 Å². The summed E-state index contributed by atoms with van der Waals surface area (Å²) >= 11 is 1.84. The highest BCUT2D eigenvalue weighted by Gasteiger charge is 2.31. The van der Waals surface area contributed by atoms with Crippen molar-refractivity contribution in [2.75, 3.05) is 13.1 Å². The Labute approximate surface area is 121 Å². The molecule has 1 aromatic heterocycles. The highest BCUT2D eigenvalue weighted by molar-refractivity contribution is 7.11. The molecular weight excluding hydrogens is 254 g/mol. The number of hydrogen-bond acceptors (Lipinski definition) is 4. The molecule has 0 spiro atoms. The molecule has 3 nitrogen and oxygen atoms in total. The van der Waals surface area contributed by atoms with E-state index in [1.54, 1.807) is 0 Å². The molecule has 19 heavy (non-hydrogen) atoms. The van der Waals surface area contributed by atoms with E-state index in [-0.39, 0.29) is 0 Å². The van der Waals surface area contributed by atoms with Crippen LogP contribution in [0.1, 0.15) is 54.7 Å². The number of thiazole rings is 1. The van der Waals surface area contributed by atoms with Gasteiger partial charge in [-0.05, 0) is 46.1 Å². The van der Waals surface area contributed by atoms with Gasteiger partial charge in [0.25, 0.3) is 0 Å². The van der Waals surface area contributed by atoms with Crippen molar-refractivity contribution in [3.8, 4) is 0 Å². The highest BCUT2D eigenvalue weighted by Crippen LogP contribution is 2.35. The lowest BCUT2D eigenvalue weighted by Gasteiger charge is -2.42. The van der Waals surface area contributed by atoms with Crippen molar-refractivity contribution in [3.63, 3.8) is 0 Å². The van der Waals surface area contributed by atoms with E-state index in [1.165, 1.54) is 41.4 Å². The van der Waals surface area contributed by atoms with Gasteiger partial charge in [-0.25, -0.2) is 4.98 Å². The summed E-state index contributed by atoms with van der Waals surface area (Å²) in [5, 5.41) is 1.17. The van der Waals surface area contributed by atoms with Gasteiger partial charge in [-0.1, -0.05) is 13.3 Å². The summed E-state index contributed by atoms with van der Waals surface area (Å²) in [5.74, 6) is 0.862. The van der Waals surface area contributed by atoms with Gasteiger partial charge in [-0.15, -0.1) is 11.3 Å². The zero-order valence-electron chi connectivity index (χ0n) is 12.6. The number of likely N-dealkylation sites (tertiary alicyclic amines) is 1. The molecule has 108 valence electrons. The summed E-state index contributed by atoms with van der Waals surface area (Å²) in [5.41, 5.74) is 7.21. The molecule has 4 heteroatoms. The second-order valence-electron chi connectivity index (χ2n) is 5.78. The Bertz CT molecular complexity index is 416. The molecule has 1 saturated heterocycles. The van der Waals surface area contributed by atoms with Gasteiger partial charge in [0.05, 0.1) is 10.7 Å². The largest absolute Gasteiger partial charge is 0.329 e. The van der Waals surface area contributed by atoms with Crippen LogP contribution < -0.4 is 5.73 Å². The van der Waals surface area contributed by atoms with Gasteiger partial charge < -0.3 is 5.73 Å². The van der Waals surface area contributed by atoms with Crippen molar-refractivity contribution in [3.05, 3.63) is 15.6 Å². The fourth-order valence-corrected chi connectivity index (χ4v) is 4.35. The van der Waals surface area contributed by atoms with Gasteiger partial charge in [0.15, 0.2) is 0 Å². The maximum Gasteiger partial charge on any atom is 0.0900 e. The number of hydrogen-bond donors (Lipinski definition) is 1. The van der Waals surface area contributed by atoms with Crippen LogP contribution in [0.25, 0.3) is 0 Å².